The number of carbonyl (C=O) groups excluding carboxylic acids is 1. The van der Waals surface area contributed by atoms with Crippen molar-refractivity contribution in [3.8, 4) is 0 Å². The van der Waals surface area contributed by atoms with Gasteiger partial charge in [-0.1, -0.05) is 0 Å². The van der Waals surface area contributed by atoms with Crippen LogP contribution in [0.15, 0.2) is 22.7 Å². The lowest BCUT2D eigenvalue weighted by Crippen LogP contribution is -2.37. The van der Waals surface area contributed by atoms with E-state index in [1.54, 1.807) is 6.92 Å². The van der Waals surface area contributed by atoms with Crippen molar-refractivity contribution in [1.82, 2.24) is 5.32 Å². The van der Waals surface area contributed by atoms with E-state index in [2.05, 4.69) is 21.2 Å². The molecule has 0 heterocycles. The first-order chi connectivity index (χ1) is 7.95. The van der Waals surface area contributed by atoms with Crippen molar-refractivity contribution in [2.75, 3.05) is 6.54 Å². The fourth-order valence-corrected chi connectivity index (χ4v) is 1.71. The topological polar surface area (TPSA) is 98.3 Å². The maximum absolute atomic E-state index is 11.7. The van der Waals surface area contributed by atoms with Crippen LogP contribution < -0.4 is 11.1 Å². The lowest BCUT2D eigenvalue weighted by molar-refractivity contribution is -0.384. The first-order valence-corrected chi connectivity index (χ1v) is 5.70. The maximum Gasteiger partial charge on any atom is 0.270 e. The van der Waals surface area contributed by atoms with Crippen LogP contribution in [0.1, 0.15) is 17.3 Å². The van der Waals surface area contributed by atoms with E-state index in [0.717, 1.165) is 0 Å². The van der Waals surface area contributed by atoms with Crippen LogP contribution in [-0.4, -0.2) is 23.4 Å². The van der Waals surface area contributed by atoms with E-state index in [1.807, 2.05) is 0 Å². The quantitative estimate of drug-likeness (QED) is 0.646. The molecule has 0 spiro atoms. The van der Waals surface area contributed by atoms with E-state index in [1.165, 1.54) is 18.2 Å². The molecule has 0 bridgehead atoms. The fraction of sp³-hybridized carbons (Fsp3) is 0.300. The largest absolute Gasteiger partial charge is 0.348 e. The molecular formula is C10H13BrClN3O3. The molecule has 0 saturated carbocycles. The van der Waals surface area contributed by atoms with Gasteiger partial charge in [-0.3, -0.25) is 14.9 Å². The number of nitrogens with one attached hydrogen (secondary N) is 1. The number of hydrogen-bond acceptors (Lipinski definition) is 4. The minimum atomic E-state index is -0.519. The van der Waals surface area contributed by atoms with Gasteiger partial charge in [0.1, 0.15) is 0 Å². The Hall–Kier alpha value is -1.18. The third-order valence-corrected chi connectivity index (χ3v) is 2.80. The molecule has 1 amide bonds. The number of nitrogens with zero attached hydrogens (tertiary/aromatic N) is 1. The summed E-state index contributed by atoms with van der Waals surface area (Å²) in [5.74, 6) is -0.315. The molecule has 6 nitrogen and oxygen atoms in total. The highest BCUT2D eigenvalue weighted by Crippen LogP contribution is 2.22. The van der Waals surface area contributed by atoms with Crippen molar-refractivity contribution < 1.29 is 9.72 Å². The zero-order valence-corrected chi connectivity index (χ0v) is 12.0. The SMILES string of the molecule is C[C@@H](CN)NC(=O)c1ccc([N+](=O)[O-])cc1Br.Cl. The third kappa shape index (κ3) is 4.25. The highest BCUT2D eigenvalue weighted by Gasteiger charge is 2.15. The van der Waals surface area contributed by atoms with Crippen LogP contribution in [0.5, 0.6) is 0 Å². The van der Waals surface area contributed by atoms with Gasteiger partial charge in [-0.2, -0.15) is 0 Å². The van der Waals surface area contributed by atoms with Gasteiger partial charge in [-0.15, -0.1) is 12.4 Å². The minimum Gasteiger partial charge on any atom is -0.348 e. The molecule has 0 radical (unpaired) electrons. The standard InChI is InChI=1S/C10H12BrN3O3.ClH/c1-6(5-12)13-10(15)8-3-2-7(14(16)17)4-9(8)11;/h2-4,6H,5,12H2,1H3,(H,13,15);1H/t6-;/m0./s1. The monoisotopic (exact) mass is 337 g/mol. The van der Waals surface area contributed by atoms with E-state index in [-0.39, 0.29) is 30.0 Å². The number of nitrogens with two attached hydrogens (primary N) is 1. The van der Waals surface area contributed by atoms with E-state index >= 15 is 0 Å². The molecule has 1 aromatic rings. The molecule has 0 saturated heterocycles. The highest BCUT2D eigenvalue weighted by atomic mass is 79.9. The Morgan fingerprint density at radius 1 is 1.61 bits per heavy atom. The van der Waals surface area contributed by atoms with Crippen LogP contribution in [0, 0.1) is 10.1 Å². The van der Waals surface area contributed by atoms with Crippen molar-refractivity contribution in [3.63, 3.8) is 0 Å². The predicted octanol–water partition coefficient (Wildman–Crippen LogP) is 1.86. The smallest absolute Gasteiger partial charge is 0.270 e. The van der Waals surface area contributed by atoms with Crippen LogP contribution in [0.4, 0.5) is 5.69 Å². The number of benzene rings is 1. The number of amides is 1. The summed E-state index contributed by atoms with van der Waals surface area (Å²) in [6.07, 6.45) is 0. The molecule has 0 aliphatic rings. The second-order valence-corrected chi connectivity index (χ2v) is 4.39. The van der Waals surface area contributed by atoms with Gasteiger partial charge in [-0.05, 0) is 28.9 Å². The van der Waals surface area contributed by atoms with Crippen LogP contribution >= 0.6 is 28.3 Å². The third-order valence-electron chi connectivity index (χ3n) is 2.14. The van der Waals surface area contributed by atoms with Crippen LogP contribution in [0.25, 0.3) is 0 Å². The first-order valence-electron chi connectivity index (χ1n) is 4.90. The van der Waals surface area contributed by atoms with Gasteiger partial charge in [0.15, 0.2) is 0 Å². The first kappa shape index (κ1) is 16.8. The second kappa shape index (κ2) is 7.30. The lowest BCUT2D eigenvalue weighted by Gasteiger charge is -2.11. The summed E-state index contributed by atoms with van der Waals surface area (Å²) in [6.45, 7) is 2.10. The zero-order valence-electron chi connectivity index (χ0n) is 9.55. The fourth-order valence-electron chi connectivity index (χ4n) is 1.16. The minimum absolute atomic E-state index is 0. The summed E-state index contributed by atoms with van der Waals surface area (Å²) in [5.41, 5.74) is 5.66. The molecule has 0 aliphatic carbocycles. The summed E-state index contributed by atoms with van der Waals surface area (Å²) in [6, 6.07) is 3.83. The van der Waals surface area contributed by atoms with Crippen LogP contribution in [0.3, 0.4) is 0 Å². The van der Waals surface area contributed by atoms with Gasteiger partial charge in [-0.25, -0.2) is 0 Å². The summed E-state index contributed by atoms with van der Waals surface area (Å²) in [5, 5.41) is 13.2. The second-order valence-electron chi connectivity index (χ2n) is 3.53. The van der Waals surface area contributed by atoms with Gasteiger partial charge in [0.05, 0.1) is 10.5 Å². The van der Waals surface area contributed by atoms with Crippen molar-refractivity contribution in [2.45, 2.75) is 13.0 Å². The molecule has 1 atom stereocenters. The Balaban J connectivity index is 0.00000289. The van der Waals surface area contributed by atoms with E-state index < -0.39 is 4.92 Å². The summed E-state index contributed by atoms with van der Waals surface area (Å²) in [4.78, 5) is 21.8. The predicted molar refractivity (Wildman–Crippen MR) is 74.0 cm³/mol. The van der Waals surface area contributed by atoms with Crippen molar-refractivity contribution in [2.24, 2.45) is 5.73 Å². The molecule has 0 aromatic heterocycles. The zero-order chi connectivity index (χ0) is 13.0. The molecular weight excluding hydrogens is 325 g/mol. The molecule has 1 rings (SSSR count). The van der Waals surface area contributed by atoms with Crippen LogP contribution in [-0.2, 0) is 0 Å². The molecule has 18 heavy (non-hydrogen) atoms. The van der Waals surface area contributed by atoms with E-state index in [9.17, 15) is 14.9 Å². The van der Waals surface area contributed by atoms with Gasteiger partial charge in [0, 0.05) is 29.2 Å². The highest BCUT2D eigenvalue weighted by molar-refractivity contribution is 9.10. The number of nitro groups is 1. The Labute approximate surface area is 119 Å². The molecule has 0 fully saturated rings. The number of non-ortho nitro benzene ring substituents is 1. The number of rotatable bonds is 4. The number of nitro benzene ring substituents is 1. The Bertz CT molecular complexity index is 456. The molecule has 100 valence electrons. The van der Waals surface area contributed by atoms with E-state index in [0.29, 0.717) is 16.6 Å². The van der Waals surface area contributed by atoms with Gasteiger partial charge in [0.2, 0.25) is 0 Å². The molecule has 1 aromatic carbocycles. The van der Waals surface area contributed by atoms with Gasteiger partial charge < -0.3 is 11.1 Å². The Morgan fingerprint density at radius 2 is 2.22 bits per heavy atom. The summed E-state index contributed by atoms with van der Waals surface area (Å²) >= 11 is 3.13. The van der Waals surface area contributed by atoms with Gasteiger partial charge >= 0.3 is 0 Å². The summed E-state index contributed by atoms with van der Waals surface area (Å²) < 4.78 is 0.383. The Kier molecular flexibility index (Phi) is 6.82. The Morgan fingerprint density at radius 3 is 2.67 bits per heavy atom. The van der Waals surface area contributed by atoms with Crippen molar-refractivity contribution in [1.29, 1.82) is 0 Å². The lowest BCUT2D eigenvalue weighted by atomic mass is 10.2. The summed E-state index contributed by atoms with van der Waals surface area (Å²) in [7, 11) is 0. The molecule has 0 unspecified atom stereocenters. The average molecular weight is 339 g/mol. The number of carbonyl (C=O) groups is 1. The van der Waals surface area contributed by atoms with E-state index in [4.69, 9.17) is 5.73 Å². The molecule has 8 heteroatoms. The normalized spacial score (nSPS) is 11.3. The molecule has 3 N–H and O–H groups in total. The van der Waals surface area contributed by atoms with Crippen molar-refractivity contribution >= 4 is 39.9 Å². The molecule has 0 aliphatic heterocycles. The number of hydrogen-bond donors (Lipinski definition) is 2. The number of halogens is 2. The maximum atomic E-state index is 11.7. The van der Waals surface area contributed by atoms with Gasteiger partial charge in [0.25, 0.3) is 11.6 Å². The van der Waals surface area contributed by atoms with Crippen molar-refractivity contribution in [3.05, 3.63) is 38.3 Å². The van der Waals surface area contributed by atoms with Crippen LogP contribution in [0.2, 0.25) is 0 Å². The average Bonchev–Trinajstić information content (AvgIpc) is 2.28.